The summed E-state index contributed by atoms with van der Waals surface area (Å²) in [7, 11) is -2.61. The summed E-state index contributed by atoms with van der Waals surface area (Å²) in [6.07, 6.45) is 1.05. The smallest absolute Gasteiger partial charge is 0.409 e. The molecule has 1 saturated heterocycles. The quantitative estimate of drug-likeness (QED) is 0.737. The van der Waals surface area contributed by atoms with E-state index in [9.17, 15) is 22.4 Å². The van der Waals surface area contributed by atoms with Crippen molar-refractivity contribution in [1.82, 2.24) is 14.2 Å². The van der Waals surface area contributed by atoms with Crippen LogP contribution in [0.15, 0.2) is 29.2 Å². The fourth-order valence-corrected chi connectivity index (χ4v) is 6.44. The van der Waals surface area contributed by atoms with Gasteiger partial charge < -0.3 is 15.0 Å². The summed E-state index contributed by atoms with van der Waals surface area (Å²) in [5.41, 5.74) is 0.808. The first-order valence-corrected chi connectivity index (χ1v) is 11.9. The highest BCUT2D eigenvalue weighted by molar-refractivity contribution is 7.89. The summed E-state index contributed by atoms with van der Waals surface area (Å²) >= 11 is 1.26. The van der Waals surface area contributed by atoms with Crippen LogP contribution in [0.4, 0.5) is 14.3 Å². The van der Waals surface area contributed by atoms with Crippen molar-refractivity contribution in [3.8, 4) is 0 Å². The Labute approximate surface area is 182 Å². The maximum Gasteiger partial charge on any atom is 0.409 e. The number of halogens is 1. The van der Waals surface area contributed by atoms with Crippen molar-refractivity contribution in [2.45, 2.75) is 36.7 Å². The highest BCUT2D eigenvalue weighted by atomic mass is 32.2. The molecule has 2 aromatic rings. The summed E-state index contributed by atoms with van der Waals surface area (Å²) in [6, 6.07) is 3.67. The number of nitrogens with zero attached hydrogens (tertiary/aromatic N) is 3. The zero-order chi connectivity index (χ0) is 22.2. The summed E-state index contributed by atoms with van der Waals surface area (Å²) in [4.78, 5) is 31.4. The number of hydrogen-bond acceptors (Lipinski definition) is 7. The maximum atomic E-state index is 13.2. The molecule has 166 valence electrons. The number of benzene rings is 1. The Bertz CT molecular complexity index is 1100. The molecule has 1 N–H and O–H groups in total. The zero-order valence-electron chi connectivity index (χ0n) is 16.7. The molecule has 2 aliphatic rings. The van der Waals surface area contributed by atoms with Gasteiger partial charge in [0.05, 0.1) is 24.2 Å². The van der Waals surface area contributed by atoms with Crippen LogP contribution in [0.3, 0.4) is 0 Å². The molecule has 0 bridgehead atoms. The van der Waals surface area contributed by atoms with E-state index in [-0.39, 0.29) is 11.4 Å². The lowest BCUT2D eigenvalue weighted by Gasteiger charge is -2.24. The number of fused-ring (bicyclic) bond motifs is 1. The van der Waals surface area contributed by atoms with Crippen LogP contribution < -0.4 is 5.32 Å². The average molecular weight is 469 g/mol. The molecular weight excluding hydrogens is 447 g/mol. The van der Waals surface area contributed by atoms with E-state index in [1.54, 1.807) is 4.90 Å². The lowest BCUT2D eigenvalue weighted by Crippen LogP contribution is -2.43. The van der Waals surface area contributed by atoms with Crippen molar-refractivity contribution >= 4 is 38.5 Å². The van der Waals surface area contributed by atoms with E-state index in [0.717, 1.165) is 27.0 Å². The minimum Gasteiger partial charge on any atom is -0.453 e. The Balaban J connectivity index is 1.48. The fraction of sp³-hybridized carbons (Fsp3) is 0.421. The van der Waals surface area contributed by atoms with Crippen LogP contribution in [0.25, 0.3) is 0 Å². The van der Waals surface area contributed by atoms with Gasteiger partial charge in [0.15, 0.2) is 5.13 Å². The van der Waals surface area contributed by atoms with Crippen LogP contribution in [-0.2, 0) is 32.5 Å². The summed E-state index contributed by atoms with van der Waals surface area (Å²) in [6.45, 7) is 1.04. The number of sulfonamides is 1. The molecule has 2 amide bonds. The minimum atomic E-state index is -3.93. The van der Waals surface area contributed by atoms with Crippen LogP contribution in [0.5, 0.6) is 0 Å². The normalized spacial score (nSPS) is 19.2. The summed E-state index contributed by atoms with van der Waals surface area (Å²) in [5.74, 6) is -0.993. The molecule has 9 nitrogen and oxygen atoms in total. The van der Waals surface area contributed by atoms with Crippen molar-refractivity contribution < 1.29 is 27.1 Å². The van der Waals surface area contributed by atoms with Gasteiger partial charge in [0.2, 0.25) is 15.9 Å². The van der Waals surface area contributed by atoms with Gasteiger partial charge in [-0.2, -0.15) is 4.31 Å². The van der Waals surface area contributed by atoms with Crippen LogP contribution in [0.1, 0.15) is 23.4 Å². The fourth-order valence-electron chi connectivity index (χ4n) is 3.75. The molecule has 0 spiro atoms. The molecule has 4 rings (SSSR count). The van der Waals surface area contributed by atoms with Gasteiger partial charge in [-0.15, -0.1) is 0 Å². The first kappa shape index (κ1) is 21.7. The Morgan fingerprint density at radius 1 is 1.26 bits per heavy atom. The number of nitrogens with one attached hydrogen (secondary N) is 1. The molecule has 1 fully saturated rings. The predicted octanol–water partition coefficient (Wildman–Crippen LogP) is 2.20. The largest absolute Gasteiger partial charge is 0.453 e. The number of thiazole rings is 1. The van der Waals surface area contributed by atoms with Crippen molar-refractivity contribution in [3.05, 3.63) is 40.7 Å². The van der Waals surface area contributed by atoms with E-state index in [1.807, 2.05) is 0 Å². The van der Waals surface area contributed by atoms with Crippen LogP contribution in [0, 0.1) is 5.82 Å². The van der Waals surface area contributed by atoms with Gasteiger partial charge in [0.1, 0.15) is 11.9 Å². The minimum absolute atomic E-state index is 0.0544. The van der Waals surface area contributed by atoms with Crippen LogP contribution in [0.2, 0.25) is 0 Å². The summed E-state index contributed by atoms with van der Waals surface area (Å²) < 4.78 is 45.0. The molecule has 0 aliphatic carbocycles. The maximum absolute atomic E-state index is 13.2. The molecule has 1 aromatic carbocycles. The molecule has 3 heterocycles. The zero-order valence-corrected chi connectivity index (χ0v) is 18.3. The number of amides is 2. The third-order valence-electron chi connectivity index (χ3n) is 5.32. The van der Waals surface area contributed by atoms with Gasteiger partial charge in [-0.3, -0.25) is 4.79 Å². The molecule has 0 saturated carbocycles. The number of carbonyl (C=O) groups excluding carboxylic acids is 2. The van der Waals surface area contributed by atoms with Gasteiger partial charge in [0.25, 0.3) is 0 Å². The van der Waals surface area contributed by atoms with E-state index in [0.29, 0.717) is 37.5 Å². The molecule has 0 radical (unpaired) electrons. The first-order valence-electron chi connectivity index (χ1n) is 9.69. The molecule has 1 atom stereocenters. The second-order valence-electron chi connectivity index (χ2n) is 7.25. The highest BCUT2D eigenvalue weighted by Gasteiger charge is 2.40. The van der Waals surface area contributed by atoms with Crippen molar-refractivity contribution in [2.24, 2.45) is 0 Å². The van der Waals surface area contributed by atoms with E-state index in [2.05, 4.69) is 10.3 Å². The summed E-state index contributed by atoms with van der Waals surface area (Å²) in [5, 5.41) is 3.10. The third-order valence-corrected chi connectivity index (χ3v) is 8.24. The molecule has 31 heavy (non-hydrogen) atoms. The van der Waals surface area contributed by atoms with Gasteiger partial charge >= 0.3 is 6.09 Å². The second-order valence-corrected chi connectivity index (χ2v) is 10.2. The van der Waals surface area contributed by atoms with Crippen LogP contribution in [-0.4, -0.2) is 60.8 Å². The topological polar surface area (TPSA) is 109 Å². The van der Waals surface area contributed by atoms with E-state index < -0.39 is 33.9 Å². The van der Waals surface area contributed by atoms with Crippen molar-refractivity contribution in [3.63, 3.8) is 0 Å². The molecular formula is C19H21FN4O5S2. The molecule has 1 unspecified atom stereocenters. The highest BCUT2D eigenvalue weighted by Crippen LogP contribution is 2.31. The third kappa shape index (κ3) is 4.27. The Morgan fingerprint density at radius 2 is 2.00 bits per heavy atom. The van der Waals surface area contributed by atoms with Gasteiger partial charge in [-0.1, -0.05) is 11.3 Å². The van der Waals surface area contributed by atoms with Crippen LogP contribution >= 0.6 is 11.3 Å². The first-order chi connectivity index (χ1) is 14.8. The lowest BCUT2D eigenvalue weighted by atomic mass is 10.2. The molecule has 1 aromatic heterocycles. The number of carbonyl (C=O) groups is 2. The number of hydrogen-bond donors (Lipinski definition) is 1. The van der Waals surface area contributed by atoms with Crippen molar-refractivity contribution in [1.29, 1.82) is 0 Å². The van der Waals surface area contributed by atoms with E-state index >= 15 is 0 Å². The van der Waals surface area contributed by atoms with E-state index in [1.165, 1.54) is 30.6 Å². The molecule has 2 aliphatic heterocycles. The Morgan fingerprint density at radius 3 is 2.71 bits per heavy atom. The van der Waals surface area contributed by atoms with Crippen molar-refractivity contribution in [2.75, 3.05) is 25.5 Å². The number of ether oxygens (including phenoxy) is 1. The Kier molecular flexibility index (Phi) is 5.95. The SMILES string of the molecule is COC(=O)N1CCc2nc(NC(=O)C3CCCN3S(=O)(=O)c3ccc(F)cc3)sc2C1. The predicted molar refractivity (Wildman–Crippen MR) is 111 cm³/mol. The number of aromatic nitrogens is 1. The monoisotopic (exact) mass is 468 g/mol. The average Bonchev–Trinajstić information content (AvgIpc) is 3.40. The second kappa shape index (κ2) is 8.52. The lowest BCUT2D eigenvalue weighted by molar-refractivity contribution is -0.119. The van der Waals surface area contributed by atoms with Gasteiger partial charge in [0, 0.05) is 24.4 Å². The number of rotatable bonds is 4. The number of anilines is 1. The molecule has 12 heteroatoms. The Hall–Kier alpha value is -2.57. The van der Waals surface area contributed by atoms with E-state index in [4.69, 9.17) is 4.74 Å². The standard InChI is InChI=1S/C19H21FN4O5S2/c1-29-19(26)23-10-8-14-16(11-23)30-18(21-14)22-17(25)15-3-2-9-24(15)31(27,28)13-6-4-12(20)5-7-13/h4-7,15H,2-3,8-11H2,1H3,(H,21,22,25). The van der Waals surface area contributed by atoms with Gasteiger partial charge in [-0.25, -0.2) is 22.6 Å². The van der Waals surface area contributed by atoms with Gasteiger partial charge in [-0.05, 0) is 37.1 Å². The number of methoxy groups -OCH3 is 1.